The molecule has 186 valence electrons. The van der Waals surface area contributed by atoms with E-state index in [9.17, 15) is 26.3 Å². The molecular weight excluding hydrogens is 458 g/mol. The Labute approximate surface area is 195 Å². The molecule has 2 fully saturated rings. The van der Waals surface area contributed by atoms with Crippen LogP contribution in [-0.2, 0) is 12.4 Å². The van der Waals surface area contributed by atoms with Crippen molar-refractivity contribution in [2.24, 2.45) is 0 Å². The van der Waals surface area contributed by atoms with Crippen molar-refractivity contribution < 1.29 is 26.3 Å². The second-order valence-electron chi connectivity index (χ2n) is 8.75. The first-order valence-electron chi connectivity index (χ1n) is 11.4. The van der Waals surface area contributed by atoms with Crippen molar-refractivity contribution in [3.8, 4) is 0 Å². The van der Waals surface area contributed by atoms with E-state index in [0.29, 0.717) is 37.6 Å². The lowest BCUT2D eigenvalue weighted by molar-refractivity contribution is -0.138. The molecule has 0 unspecified atom stereocenters. The molecule has 0 aromatic heterocycles. The van der Waals surface area contributed by atoms with E-state index >= 15 is 0 Å². The molecule has 10 heteroatoms. The zero-order valence-electron chi connectivity index (χ0n) is 18.7. The molecule has 2 heterocycles. The van der Waals surface area contributed by atoms with Gasteiger partial charge in [0.1, 0.15) is 0 Å². The predicted octanol–water partition coefficient (Wildman–Crippen LogP) is 4.67. The average molecular weight is 487 g/mol. The van der Waals surface area contributed by atoms with Crippen LogP contribution < -0.4 is 9.80 Å². The van der Waals surface area contributed by atoms with Crippen LogP contribution in [0.3, 0.4) is 0 Å². The maximum absolute atomic E-state index is 13.0. The van der Waals surface area contributed by atoms with Crippen molar-refractivity contribution in [3.05, 3.63) is 59.7 Å². The zero-order chi connectivity index (χ0) is 24.3. The molecule has 2 saturated heterocycles. The molecule has 0 N–H and O–H groups in total. The summed E-state index contributed by atoms with van der Waals surface area (Å²) in [5.41, 5.74) is -0.0613. The predicted molar refractivity (Wildman–Crippen MR) is 120 cm³/mol. The summed E-state index contributed by atoms with van der Waals surface area (Å²) in [7, 11) is 0. The Kier molecular flexibility index (Phi) is 7.28. The second kappa shape index (κ2) is 10.0. The van der Waals surface area contributed by atoms with Crippen LogP contribution in [-0.4, -0.2) is 75.2 Å². The third-order valence-electron chi connectivity index (χ3n) is 6.55. The van der Waals surface area contributed by atoms with Crippen LogP contribution in [0.25, 0.3) is 0 Å². The van der Waals surface area contributed by atoms with E-state index < -0.39 is 23.5 Å². The number of anilines is 2. The molecule has 2 aliphatic rings. The van der Waals surface area contributed by atoms with Gasteiger partial charge in [-0.15, -0.1) is 0 Å². The fourth-order valence-electron chi connectivity index (χ4n) is 4.50. The Hall–Kier alpha value is -2.46. The summed E-state index contributed by atoms with van der Waals surface area (Å²) in [6, 6.07) is 10.9. The van der Waals surface area contributed by atoms with Crippen molar-refractivity contribution in [1.82, 2.24) is 9.80 Å². The van der Waals surface area contributed by atoms with E-state index in [1.54, 1.807) is 12.1 Å². The number of piperazine rings is 2. The normalized spacial score (nSPS) is 19.0. The van der Waals surface area contributed by atoms with Crippen LogP contribution >= 0.6 is 0 Å². The third-order valence-corrected chi connectivity index (χ3v) is 6.55. The van der Waals surface area contributed by atoms with Gasteiger partial charge in [0.05, 0.1) is 11.1 Å². The van der Waals surface area contributed by atoms with Gasteiger partial charge in [-0.3, -0.25) is 9.80 Å². The molecular formula is C24H28F6N4. The Morgan fingerprint density at radius 1 is 0.529 bits per heavy atom. The number of nitrogens with zero attached hydrogens (tertiary/aromatic N) is 4. The zero-order valence-corrected chi connectivity index (χ0v) is 18.7. The summed E-state index contributed by atoms with van der Waals surface area (Å²) in [6.45, 7) is 7.52. The van der Waals surface area contributed by atoms with E-state index in [1.807, 2.05) is 9.80 Å². The standard InChI is InChI=1S/C24H28F6N4/c25-23(26,27)19-3-1-5-21(17-19)33-13-9-31(10-14-33)7-8-32-11-15-34(16-12-32)22-6-2-4-20(18-22)24(28,29)30/h1-6,17-18H,7-16H2. The smallest absolute Gasteiger partial charge is 0.369 e. The van der Waals surface area contributed by atoms with E-state index in [0.717, 1.165) is 51.4 Å². The minimum atomic E-state index is -4.34. The summed E-state index contributed by atoms with van der Waals surface area (Å²) in [6.07, 6.45) is -8.69. The minimum absolute atomic E-state index is 0.597. The van der Waals surface area contributed by atoms with Gasteiger partial charge in [-0.25, -0.2) is 0 Å². The minimum Gasteiger partial charge on any atom is -0.369 e. The summed E-state index contributed by atoms with van der Waals surface area (Å²) in [5, 5.41) is 0. The monoisotopic (exact) mass is 486 g/mol. The number of benzene rings is 2. The summed E-state index contributed by atoms with van der Waals surface area (Å²) in [5.74, 6) is 0. The van der Waals surface area contributed by atoms with Crippen molar-refractivity contribution >= 4 is 11.4 Å². The lowest BCUT2D eigenvalue weighted by atomic mass is 10.1. The van der Waals surface area contributed by atoms with Gasteiger partial charge < -0.3 is 9.80 Å². The van der Waals surface area contributed by atoms with Crippen LogP contribution in [0.15, 0.2) is 48.5 Å². The first kappa shape index (κ1) is 24.7. The van der Waals surface area contributed by atoms with Gasteiger partial charge in [0.25, 0.3) is 0 Å². The highest BCUT2D eigenvalue weighted by Gasteiger charge is 2.32. The van der Waals surface area contributed by atoms with E-state index in [4.69, 9.17) is 0 Å². The summed E-state index contributed by atoms with van der Waals surface area (Å²) in [4.78, 5) is 8.59. The number of hydrogen-bond acceptors (Lipinski definition) is 4. The number of alkyl halides is 6. The largest absolute Gasteiger partial charge is 0.416 e. The van der Waals surface area contributed by atoms with Gasteiger partial charge in [0.2, 0.25) is 0 Å². The molecule has 0 radical (unpaired) electrons. The maximum Gasteiger partial charge on any atom is 0.416 e. The Bertz CT molecular complexity index is 867. The molecule has 0 amide bonds. The fraction of sp³-hybridized carbons (Fsp3) is 0.500. The first-order valence-corrected chi connectivity index (χ1v) is 11.4. The van der Waals surface area contributed by atoms with Gasteiger partial charge in [0, 0.05) is 76.8 Å². The maximum atomic E-state index is 13.0. The molecule has 0 bridgehead atoms. The van der Waals surface area contributed by atoms with Crippen LogP contribution in [0.5, 0.6) is 0 Å². The van der Waals surface area contributed by atoms with E-state index in [2.05, 4.69) is 9.80 Å². The van der Waals surface area contributed by atoms with Crippen molar-refractivity contribution in [2.75, 3.05) is 75.2 Å². The molecule has 2 aromatic rings. The van der Waals surface area contributed by atoms with Gasteiger partial charge in [-0.05, 0) is 36.4 Å². The van der Waals surface area contributed by atoms with Crippen LogP contribution in [0, 0.1) is 0 Å². The SMILES string of the molecule is FC(F)(F)c1cccc(N2CCN(CCN3CCN(c4cccc(C(F)(F)F)c4)CC3)CC2)c1. The number of hydrogen-bond donors (Lipinski definition) is 0. The lowest BCUT2D eigenvalue weighted by Gasteiger charge is -2.39. The molecule has 2 aromatic carbocycles. The highest BCUT2D eigenvalue weighted by atomic mass is 19.4. The van der Waals surface area contributed by atoms with E-state index in [-0.39, 0.29) is 0 Å². The fourth-order valence-corrected chi connectivity index (χ4v) is 4.50. The third kappa shape index (κ3) is 6.15. The van der Waals surface area contributed by atoms with Crippen molar-refractivity contribution in [1.29, 1.82) is 0 Å². The molecule has 4 rings (SSSR count). The topological polar surface area (TPSA) is 13.0 Å². The molecule has 0 saturated carbocycles. The van der Waals surface area contributed by atoms with Crippen LogP contribution in [0.1, 0.15) is 11.1 Å². The van der Waals surface area contributed by atoms with Gasteiger partial charge in [-0.2, -0.15) is 26.3 Å². The first-order chi connectivity index (χ1) is 16.1. The number of halogens is 6. The highest BCUT2D eigenvalue weighted by molar-refractivity contribution is 5.50. The molecule has 2 aliphatic heterocycles. The molecule has 0 aliphatic carbocycles. The lowest BCUT2D eigenvalue weighted by Crippen LogP contribution is -2.51. The van der Waals surface area contributed by atoms with Gasteiger partial charge >= 0.3 is 12.4 Å². The quantitative estimate of drug-likeness (QED) is 0.570. The van der Waals surface area contributed by atoms with Crippen LogP contribution in [0.4, 0.5) is 37.7 Å². The van der Waals surface area contributed by atoms with Crippen LogP contribution in [0.2, 0.25) is 0 Å². The van der Waals surface area contributed by atoms with Gasteiger partial charge in [-0.1, -0.05) is 12.1 Å². The van der Waals surface area contributed by atoms with E-state index in [1.165, 1.54) is 24.3 Å². The van der Waals surface area contributed by atoms with Gasteiger partial charge in [0.15, 0.2) is 0 Å². The summed E-state index contributed by atoms with van der Waals surface area (Å²) < 4.78 is 77.9. The van der Waals surface area contributed by atoms with Crippen molar-refractivity contribution in [2.45, 2.75) is 12.4 Å². The molecule has 4 nitrogen and oxygen atoms in total. The molecule has 0 spiro atoms. The summed E-state index contributed by atoms with van der Waals surface area (Å²) >= 11 is 0. The Balaban J connectivity index is 1.21. The average Bonchev–Trinajstić information content (AvgIpc) is 2.82. The molecule has 0 atom stereocenters. The molecule has 34 heavy (non-hydrogen) atoms. The second-order valence-corrected chi connectivity index (χ2v) is 8.75. The van der Waals surface area contributed by atoms with Crippen molar-refractivity contribution in [3.63, 3.8) is 0 Å². The number of rotatable bonds is 5. The highest BCUT2D eigenvalue weighted by Crippen LogP contribution is 2.33. The Morgan fingerprint density at radius 2 is 0.882 bits per heavy atom. The Morgan fingerprint density at radius 3 is 1.21 bits per heavy atom.